The predicted molar refractivity (Wildman–Crippen MR) is 87.9 cm³/mol. The molecule has 1 heterocycles. The maximum Gasteiger partial charge on any atom is 0.165 e. The van der Waals surface area contributed by atoms with Crippen LogP contribution < -0.4 is 14.8 Å². The minimum absolute atomic E-state index is 0.224. The number of hydrogen-bond donors (Lipinski definition) is 1. The summed E-state index contributed by atoms with van der Waals surface area (Å²) in [5.41, 5.74) is 0.745. The maximum absolute atomic E-state index is 14.1. The van der Waals surface area contributed by atoms with Crippen LogP contribution in [0.25, 0.3) is 0 Å². The van der Waals surface area contributed by atoms with Crippen LogP contribution in [-0.4, -0.2) is 32.1 Å². The third-order valence-corrected chi connectivity index (χ3v) is 3.46. The van der Waals surface area contributed by atoms with Crippen molar-refractivity contribution in [2.75, 3.05) is 26.3 Å². The number of nitrogens with zero attached hydrogens (tertiary/aromatic N) is 1. The van der Waals surface area contributed by atoms with Gasteiger partial charge in [0.1, 0.15) is 24.8 Å². The highest BCUT2D eigenvalue weighted by atomic mass is 19.1. The molecule has 23 heavy (non-hydrogen) atoms. The van der Waals surface area contributed by atoms with Gasteiger partial charge < -0.3 is 14.8 Å². The average molecular weight is 314 g/mol. The largest absolute Gasteiger partial charge is 0.490 e. The summed E-state index contributed by atoms with van der Waals surface area (Å²) in [5.74, 6) is 1.35. The molecule has 1 aliphatic heterocycles. The lowest BCUT2D eigenvalue weighted by Crippen LogP contribution is -2.30. The van der Waals surface area contributed by atoms with Gasteiger partial charge in [-0.1, -0.05) is 18.2 Å². The van der Waals surface area contributed by atoms with Crippen LogP contribution >= 0.6 is 0 Å². The quantitative estimate of drug-likeness (QED) is 0.834. The minimum Gasteiger partial charge on any atom is -0.490 e. The molecule has 0 amide bonds. The van der Waals surface area contributed by atoms with Gasteiger partial charge in [0.2, 0.25) is 0 Å². The van der Waals surface area contributed by atoms with E-state index in [0.29, 0.717) is 6.61 Å². The lowest BCUT2D eigenvalue weighted by molar-refractivity contribution is 0.211. The van der Waals surface area contributed by atoms with Crippen molar-refractivity contribution in [3.8, 4) is 11.5 Å². The molecule has 5 heteroatoms. The zero-order chi connectivity index (χ0) is 15.9. The Balaban J connectivity index is 1.53. The van der Waals surface area contributed by atoms with E-state index >= 15 is 0 Å². The highest BCUT2D eigenvalue weighted by molar-refractivity contribution is 5.99. The van der Waals surface area contributed by atoms with Crippen molar-refractivity contribution in [2.24, 2.45) is 4.99 Å². The summed E-state index contributed by atoms with van der Waals surface area (Å²) in [6.45, 7) is 2.29. The maximum atomic E-state index is 14.1. The fourth-order valence-electron chi connectivity index (χ4n) is 2.32. The van der Waals surface area contributed by atoms with E-state index in [2.05, 4.69) is 10.3 Å². The number of rotatable bonds is 6. The van der Waals surface area contributed by atoms with Crippen molar-refractivity contribution in [3.63, 3.8) is 0 Å². The van der Waals surface area contributed by atoms with Gasteiger partial charge in [0.25, 0.3) is 0 Å². The first-order valence-corrected chi connectivity index (χ1v) is 7.72. The molecule has 0 radical (unpaired) electrons. The highest BCUT2D eigenvalue weighted by Gasteiger charge is 2.11. The number of nitrogens with one attached hydrogen (secondary N) is 1. The molecule has 0 aliphatic carbocycles. The SMILES string of the molecule is Fc1cc(C2=NCCCN2)ccc1OCCOc1ccccc1. The second-order valence-electron chi connectivity index (χ2n) is 5.17. The summed E-state index contributed by atoms with van der Waals surface area (Å²) >= 11 is 0. The van der Waals surface area contributed by atoms with E-state index in [9.17, 15) is 4.39 Å². The molecule has 0 fully saturated rings. The number of ether oxygens (including phenoxy) is 2. The average Bonchev–Trinajstić information content (AvgIpc) is 2.61. The Morgan fingerprint density at radius 2 is 1.87 bits per heavy atom. The number of benzene rings is 2. The monoisotopic (exact) mass is 314 g/mol. The summed E-state index contributed by atoms with van der Waals surface area (Å²) in [6.07, 6.45) is 1.01. The molecule has 3 rings (SSSR count). The molecule has 0 spiro atoms. The Bertz CT molecular complexity index is 674. The summed E-state index contributed by atoms with van der Waals surface area (Å²) in [6, 6.07) is 14.4. The lowest BCUT2D eigenvalue weighted by Gasteiger charge is -2.15. The molecular weight excluding hydrogens is 295 g/mol. The molecule has 1 aliphatic rings. The molecule has 120 valence electrons. The van der Waals surface area contributed by atoms with E-state index in [4.69, 9.17) is 9.47 Å². The van der Waals surface area contributed by atoms with Gasteiger partial charge in [-0.05, 0) is 36.8 Å². The van der Waals surface area contributed by atoms with Gasteiger partial charge in [0.15, 0.2) is 11.6 Å². The van der Waals surface area contributed by atoms with Crippen LogP contribution in [0.3, 0.4) is 0 Å². The lowest BCUT2D eigenvalue weighted by atomic mass is 10.1. The third-order valence-electron chi connectivity index (χ3n) is 3.46. The van der Waals surface area contributed by atoms with Gasteiger partial charge in [-0.25, -0.2) is 4.39 Å². The van der Waals surface area contributed by atoms with Gasteiger partial charge in [0.05, 0.1) is 0 Å². The summed E-state index contributed by atoms with van der Waals surface area (Å²) in [5, 5.41) is 3.18. The van der Waals surface area contributed by atoms with E-state index in [1.165, 1.54) is 6.07 Å². The van der Waals surface area contributed by atoms with E-state index in [1.807, 2.05) is 36.4 Å². The van der Waals surface area contributed by atoms with Crippen LogP contribution in [0.4, 0.5) is 4.39 Å². The van der Waals surface area contributed by atoms with E-state index in [1.54, 1.807) is 6.07 Å². The Hall–Kier alpha value is -2.56. The highest BCUT2D eigenvalue weighted by Crippen LogP contribution is 2.19. The molecule has 0 saturated carbocycles. The van der Waals surface area contributed by atoms with Crippen LogP contribution in [0.15, 0.2) is 53.5 Å². The van der Waals surface area contributed by atoms with Crippen LogP contribution in [0, 0.1) is 5.82 Å². The van der Waals surface area contributed by atoms with Crippen LogP contribution in [0.1, 0.15) is 12.0 Å². The zero-order valence-electron chi connectivity index (χ0n) is 12.8. The molecular formula is C18H19FN2O2. The normalized spacial score (nSPS) is 13.9. The van der Waals surface area contributed by atoms with Crippen molar-refractivity contribution in [1.29, 1.82) is 0 Å². The van der Waals surface area contributed by atoms with Crippen molar-refractivity contribution < 1.29 is 13.9 Å². The Morgan fingerprint density at radius 3 is 2.61 bits per heavy atom. The fraction of sp³-hybridized carbons (Fsp3) is 0.278. The molecule has 0 atom stereocenters. The second-order valence-corrected chi connectivity index (χ2v) is 5.17. The van der Waals surface area contributed by atoms with Crippen LogP contribution in [0.2, 0.25) is 0 Å². The number of halogens is 1. The topological polar surface area (TPSA) is 42.9 Å². The smallest absolute Gasteiger partial charge is 0.165 e. The van der Waals surface area contributed by atoms with E-state index < -0.39 is 5.82 Å². The van der Waals surface area contributed by atoms with Gasteiger partial charge in [0, 0.05) is 18.7 Å². The van der Waals surface area contributed by atoms with Crippen molar-refractivity contribution in [3.05, 3.63) is 59.9 Å². The number of hydrogen-bond acceptors (Lipinski definition) is 4. The van der Waals surface area contributed by atoms with E-state index in [0.717, 1.165) is 36.7 Å². The molecule has 4 nitrogen and oxygen atoms in total. The Morgan fingerprint density at radius 1 is 1.04 bits per heavy atom. The molecule has 0 bridgehead atoms. The van der Waals surface area contributed by atoms with Crippen molar-refractivity contribution in [2.45, 2.75) is 6.42 Å². The molecule has 2 aromatic carbocycles. The second kappa shape index (κ2) is 7.63. The van der Waals surface area contributed by atoms with Gasteiger partial charge in [-0.15, -0.1) is 0 Å². The number of aliphatic imine (C=N–C) groups is 1. The van der Waals surface area contributed by atoms with Crippen LogP contribution in [-0.2, 0) is 0 Å². The number of amidine groups is 1. The summed E-state index contributed by atoms with van der Waals surface area (Å²) < 4.78 is 25.1. The Labute approximate surface area is 135 Å². The standard InChI is InChI=1S/C18H19FN2O2/c19-16-13-14(18-20-9-4-10-21-18)7-8-17(16)23-12-11-22-15-5-2-1-3-6-15/h1-3,5-8,13H,4,9-12H2,(H,20,21). The van der Waals surface area contributed by atoms with Gasteiger partial charge in [-0.2, -0.15) is 0 Å². The fourth-order valence-corrected chi connectivity index (χ4v) is 2.32. The predicted octanol–water partition coefficient (Wildman–Crippen LogP) is 3.02. The summed E-state index contributed by atoms with van der Waals surface area (Å²) in [7, 11) is 0. The molecule has 2 aromatic rings. The first-order valence-electron chi connectivity index (χ1n) is 7.72. The van der Waals surface area contributed by atoms with Crippen molar-refractivity contribution >= 4 is 5.84 Å². The summed E-state index contributed by atoms with van der Waals surface area (Å²) in [4.78, 5) is 4.36. The first-order chi connectivity index (χ1) is 11.3. The molecule has 0 saturated heterocycles. The van der Waals surface area contributed by atoms with Crippen LogP contribution in [0.5, 0.6) is 11.5 Å². The zero-order valence-corrected chi connectivity index (χ0v) is 12.8. The molecule has 1 N–H and O–H groups in total. The Kier molecular flexibility index (Phi) is 5.09. The van der Waals surface area contributed by atoms with E-state index in [-0.39, 0.29) is 12.4 Å². The first kappa shape index (κ1) is 15.3. The number of para-hydroxylation sites is 1. The minimum atomic E-state index is -0.391. The third kappa shape index (κ3) is 4.22. The van der Waals surface area contributed by atoms with Crippen molar-refractivity contribution in [1.82, 2.24) is 5.32 Å². The molecule has 0 aromatic heterocycles. The van der Waals surface area contributed by atoms with Gasteiger partial charge >= 0.3 is 0 Å². The molecule has 0 unspecified atom stereocenters. The van der Waals surface area contributed by atoms with Gasteiger partial charge in [-0.3, -0.25) is 4.99 Å².